The molecule has 5 heteroatoms. The third-order valence-electron chi connectivity index (χ3n) is 2.65. The molecule has 0 radical (unpaired) electrons. The van der Waals surface area contributed by atoms with Gasteiger partial charge in [-0.15, -0.1) is 0 Å². The number of aromatic nitrogens is 2. The summed E-state index contributed by atoms with van der Waals surface area (Å²) in [4.78, 5) is 15.9. The Morgan fingerprint density at radius 1 is 1.50 bits per heavy atom. The van der Waals surface area contributed by atoms with E-state index in [0.29, 0.717) is 18.8 Å². The first-order valence-electron chi connectivity index (χ1n) is 6.23. The second-order valence-electron chi connectivity index (χ2n) is 4.31. The highest BCUT2D eigenvalue weighted by molar-refractivity contribution is 5.91. The Kier molecular flexibility index (Phi) is 4.53. The molecular weight excluding hydrogens is 252 g/mol. The van der Waals surface area contributed by atoms with Crippen molar-refractivity contribution in [1.82, 2.24) is 14.9 Å². The normalized spacial score (nSPS) is 9.70. The molecule has 0 bridgehead atoms. The molecule has 5 nitrogen and oxygen atoms in total. The zero-order valence-corrected chi connectivity index (χ0v) is 11.3. The minimum atomic E-state index is -0.191. The van der Waals surface area contributed by atoms with Crippen LogP contribution in [0.4, 0.5) is 0 Å². The molecule has 0 aliphatic carbocycles. The van der Waals surface area contributed by atoms with Crippen LogP contribution in [-0.2, 0) is 13.6 Å². The smallest absolute Gasteiger partial charge is 0.271 e. The number of rotatable bonds is 3. The first-order chi connectivity index (χ1) is 9.69. The van der Waals surface area contributed by atoms with Gasteiger partial charge in [-0.25, -0.2) is 4.98 Å². The molecule has 1 aromatic heterocycles. The molecule has 3 N–H and O–H groups in total. The summed E-state index contributed by atoms with van der Waals surface area (Å²) in [5, 5.41) is 2.82. The van der Waals surface area contributed by atoms with Gasteiger partial charge in [0.25, 0.3) is 5.91 Å². The minimum absolute atomic E-state index is 0.191. The summed E-state index contributed by atoms with van der Waals surface area (Å²) < 4.78 is 1.73. The number of nitrogens with two attached hydrogens (primary N) is 1. The maximum atomic E-state index is 11.9. The van der Waals surface area contributed by atoms with Gasteiger partial charge < -0.3 is 15.6 Å². The van der Waals surface area contributed by atoms with E-state index < -0.39 is 0 Å². The Morgan fingerprint density at radius 3 is 3.05 bits per heavy atom. The van der Waals surface area contributed by atoms with Gasteiger partial charge >= 0.3 is 0 Å². The number of nitrogens with zero attached hydrogens (tertiary/aromatic N) is 2. The van der Waals surface area contributed by atoms with Gasteiger partial charge in [-0.2, -0.15) is 0 Å². The van der Waals surface area contributed by atoms with E-state index in [2.05, 4.69) is 22.1 Å². The summed E-state index contributed by atoms with van der Waals surface area (Å²) in [6.07, 6.45) is 3.27. The second-order valence-corrected chi connectivity index (χ2v) is 4.31. The lowest BCUT2D eigenvalue weighted by atomic mass is 10.1. The van der Waals surface area contributed by atoms with Crippen molar-refractivity contribution in [2.75, 3.05) is 6.54 Å². The predicted molar refractivity (Wildman–Crippen MR) is 76.8 cm³/mol. The average molecular weight is 268 g/mol. The van der Waals surface area contributed by atoms with Crippen molar-refractivity contribution in [2.45, 2.75) is 6.54 Å². The molecule has 2 aromatic rings. The van der Waals surface area contributed by atoms with Crippen LogP contribution in [0.15, 0.2) is 36.8 Å². The summed E-state index contributed by atoms with van der Waals surface area (Å²) in [6.45, 7) is 0.772. The molecule has 1 amide bonds. The molecule has 0 fully saturated rings. The molecule has 0 unspecified atom stereocenters. The summed E-state index contributed by atoms with van der Waals surface area (Å²) in [5.74, 6) is 5.58. The van der Waals surface area contributed by atoms with Crippen molar-refractivity contribution in [1.29, 1.82) is 0 Å². The SMILES string of the molecule is Cn1cnc(C(=O)NCc2cccc(C#CCN)c2)c1. The van der Waals surface area contributed by atoms with Crippen molar-refractivity contribution >= 4 is 5.91 Å². The largest absolute Gasteiger partial charge is 0.347 e. The van der Waals surface area contributed by atoms with E-state index in [1.165, 1.54) is 0 Å². The van der Waals surface area contributed by atoms with E-state index in [1.807, 2.05) is 31.3 Å². The summed E-state index contributed by atoms with van der Waals surface area (Å²) in [5.41, 5.74) is 7.62. The molecule has 1 heterocycles. The third-order valence-corrected chi connectivity index (χ3v) is 2.65. The Morgan fingerprint density at radius 2 is 2.35 bits per heavy atom. The fraction of sp³-hybridized carbons (Fsp3) is 0.200. The predicted octanol–water partition coefficient (Wildman–Crippen LogP) is 0.660. The molecule has 102 valence electrons. The Labute approximate surface area is 117 Å². The van der Waals surface area contributed by atoms with Crippen LogP contribution in [0.25, 0.3) is 0 Å². The van der Waals surface area contributed by atoms with Gasteiger partial charge in [-0.05, 0) is 17.7 Å². The maximum Gasteiger partial charge on any atom is 0.271 e. The van der Waals surface area contributed by atoms with Crippen LogP contribution in [-0.4, -0.2) is 22.0 Å². The van der Waals surface area contributed by atoms with Crippen LogP contribution < -0.4 is 11.1 Å². The van der Waals surface area contributed by atoms with Crippen LogP contribution in [0.3, 0.4) is 0 Å². The number of hydrogen-bond donors (Lipinski definition) is 2. The van der Waals surface area contributed by atoms with Crippen LogP contribution in [0.1, 0.15) is 21.6 Å². The second kappa shape index (κ2) is 6.55. The van der Waals surface area contributed by atoms with Gasteiger partial charge in [0.2, 0.25) is 0 Å². The molecule has 20 heavy (non-hydrogen) atoms. The zero-order chi connectivity index (χ0) is 14.4. The lowest BCUT2D eigenvalue weighted by molar-refractivity contribution is 0.0946. The van der Waals surface area contributed by atoms with Crippen molar-refractivity contribution in [3.8, 4) is 11.8 Å². The molecule has 0 aliphatic heterocycles. The van der Waals surface area contributed by atoms with Gasteiger partial charge in [0.15, 0.2) is 0 Å². The monoisotopic (exact) mass is 268 g/mol. The zero-order valence-electron chi connectivity index (χ0n) is 11.3. The van der Waals surface area contributed by atoms with Crippen LogP contribution >= 0.6 is 0 Å². The van der Waals surface area contributed by atoms with Gasteiger partial charge in [0, 0.05) is 25.4 Å². The van der Waals surface area contributed by atoms with Crippen molar-refractivity contribution in [3.05, 3.63) is 53.6 Å². The number of amides is 1. The molecule has 0 spiro atoms. The fourth-order valence-corrected chi connectivity index (χ4v) is 1.72. The minimum Gasteiger partial charge on any atom is -0.347 e. The maximum absolute atomic E-state index is 11.9. The van der Waals surface area contributed by atoms with Crippen molar-refractivity contribution < 1.29 is 4.79 Å². The third kappa shape index (κ3) is 3.70. The first-order valence-corrected chi connectivity index (χ1v) is 6.23. The van der Waals surface area contributed by atoms with E-state index in [4.69, 9.17) is 5.73 Å². The van der Waals surface area contributed by atoms with Gasteiger partial charge in [-0.1, -0.05) is 24.0 Å². The number of nitrogens with one attached hydrogen (secondary N) is 1. The Bertz CT molecular complexity index is 664. The number of carbonyl (C=O) groups is 1. The van der Waals surface area contributed by atoms with E-state index >= 15 is 0 Å². The first kappa shape index (κ1) is 13.8. The van der Waals surface area contributed by atoms with Crippen molar-refractivity contribution in [3.63, 3.8) is 0 Å². The molecule has 0 atom stereocenters. The van der Waals surface area contributed by atoms with Crippen LogP contribution in [0.2, 0.25) is 0 Å². The van der Waals surface area contributed by atoms with Crippen molar-refractivity contribution in [2.24, 2.45) is 12.8 Å². The fourth-order valence-electron chi connectivity index (χ4n) is 1.72. The summed E-state index contributed by atoms with van der Waals surface area (Å²) in [6, 6.07) is 7.68. The molecule has 0 aliphatic rings. The Balaban J connectivity index is 1.98. The molecule has 2 rings (SSSR count). The molecule has 0 saturated carbocycles. The summed E-state index contributed by atoms with van der Waals surface area (Å²) in [7, 11) is 1.82. The van der Waals surface area contributed by atoms with Gasteiger partial charge in [0.05, 0.1) is 12.9 Å². The average Bonchev–Trinajstić information content (AvgIpc) is 2.90. The van der Waals surface area contributed by atoms with Crippen LogP contribution in [0, 0.1) is 11.8 Å². The Hall–Kier alpha value is -2.58. The quantitative estimate of drug-likeness (QED) is 0.803. The van der Waals surface area contributed by atoms with E-state index in [9.17, 15) is 4.79 Å². The van der Waals surface area contributed by atoms with Gasteiger partial charge in [0.1, 0.15) is 5.69 Å². The summed E-state index contributed by atoms with van der Waals surface area (Å²) >= 11 is 0. The topological polar surface area (TPSA) is 72.9 Å². The number of benzene rings is 1. The lowest BCUT2D eigenvalue weighted by Gasteiger charge is -2.04. The van der Waals surface area contributed by atoms with Gasteiger partial charge in [-0.3, -0.25) is 4.79 Å². The number of hydrogen-bond acceptors (Lipinski definition) is 3. The lowest BCUT2D eigenvalue weighted by Crippen LogP contribution is -2.23. The van der Waals surface area contributed by atoms with E-state index in [1.54, 1.807) is 17.1 Å². The van der Waals surface area contributed by atoms with Crippen LogP contribution in [0.5, 0.6) is 0 Å². The molecule has 1 aromatic carbocycles. The highest BCUT2D eigenvalue weighted by Crippen LogP contribution is 2.04. The van der Waals surface area contributed by atoms with E-state index in [-0.39, 0.29) is 5.91 Å². The highest BCUT2D eigenvalue weighted by atomic mass is 16.1. The number of carbonyl (C=O) groups excluding carboxylic acids is 1. The number of imidazole rings is 1. The molecular formula is C15H16N4O. The number of aryl methyl sites for hydroxylation is 1. The standard InChI is InChI=1S/C15H16N4O/c1-19-10-14(18-11-19)15(20)17-9-13-5-2-4-12(8-13)6-3-7-16/h2,4-5,8,10-11H,7,9,16H2,1H3,(H,17,20). The highest BCUT2D eigenvalue weighted by Gasteiger charge is 2.07. The molecule has 0 saturated heterocycles. The van der Waals surface area contributed by atoms with E-state index in [0.717, 1.165) is 11.1 Å².